The van der Waals surface area contributed by atoms with E-state index in [1.54, 1.807) is 0 Å². The molecule has 0 aromatic carbocycles. The smallest absolute Gasteiger partial charge is 0.135 e. The molecule has 0 bridgehead atoms. The summed E-state index contributed by atoms with van der Waals surface area (Å²) in [5, 5.41) is 0. The maximum Gasteiger partial charge on any atom is 0.135 e. The molecule has 1 aliphatic heterocycles. The highest BCUT2D eigenvalue weighted by atomic mass is 16.5. The predicted octanol–water partition coefficient (Wildman–Crippen LogP) is 1.39. The third kappa shape index (κ3) is 1.20. The lowest BCUT2D eigenvalue weighted by Gasteiger charge is -2.24. The van der Waals surface area contributed by atoms with Crippen LogP contribution in [-0.4, -0.2) is 18.5 Å². The number of carbonyl (C=O) groups excluding carboxylic acids is 1. The van der Waals surface area contributed by atoms with Gasteiger partial charge >= 0.3 is 0 Å². The van der Waals surface area contributed by atoms with E-state index in [-0.39, 0.29) is 6.10 Å². The van der Waals surface area contributed by atoms with Crippen LogP contribution in [0.5, 0.6) is 0 Å². The minimum absolute atomic E-state index is 0.270. The van der Waals surface area contributed by atoms with Crippen LogP contribution in [0.3, 0.4) is 0 Å². The van der Waals surface area contributed by atoms with Crippen molar-refractivity contribution in [3.05, 3.63) is 0 Å². The van der Waals surface area contributed by atoms with E-state index in [9.17, 15) is 4.79 Å². The topological polar surface area (TPSA) is 26.3 Å². The van der Waals surface area contributed by atoms with Gasteiger partial charge in [0.05, 0.1) is 6.10 Å². The molecular formula is C9H14O2. The highest BCUT2D eigenvalue weighted by Crippen LogP contribution is 2.36. The lowest BCUT2D eigenvalue weighted by atomic mass is 9.81. The van der Waals surface area contributed by atoms with Crippen molar-refractivity contribution in [3.63, 3.8) is 0 Å². The number of fused-ring (bicyclic) bond motifs is 1. The lowest BCUT2D eigenvalue weighted by Crippen LogP contribution is -2.28. The van der Waals surface area contributed by atoms with E-state index in [0.717, 1.165) is 19.4 Å². The summed E-state index contributed by atoms with van der Waals surface area (Å²) in [6.45, 7) is 3.09. The molecule has 2 nitrogen and oxygen atoms in total. The van der Waals surface area contributed by atoms with E-state index < -0.39 is 0 Å². The van der Waals surface area contributed by atoms with Crippen LogP contribution < -0.4 is 0 Å². The molecule has 62 valence electrons. The van der Waals surface area contributed by atoms with Crippen molar-refractivity contribution in [1.82, 2.24) is 0 Å². The minimum atomic E-state index is 0.270. The van der Waals surface area contributed by atoms with Crippen molar-refractivity contribution in [3.8, 4) is 0 Å². The average Bonchev–Trinajstić information content (AvgIpc) is 2.32. The summed E-state index contributed by atoms with van der Waals surface area (Å²) in [5.41, 5.74) is 0. The Balaban J connectivity index is 2.05. The Morgan fingerprint density at radius 3 is 3.18 bits per heavy atom. The van der Waals surface area contributed by atoms with E-state index in [1.807, 2.05) is 0 Å². The van der Waals surface area contributed by atoms with Crippen molar-refractivity contribution < 1.29 is 9.53 Å². The number of carbonyl (C=O) groups is 1. The number of rotatable bonds is 0. The van der Waals surface area contributed by atoms with Gasteiger partial charge in [0.2, 0.25) is 0 Å². The fourth-order valence-corrected chi connectivity index (χ4v) is 2.22. The molecule has 0 aromatic rings. The molecule has 0 N–H and O–H groups in total. The average molecular weight is 154 g/mol. The van der Waals surface area contributed by atoms with Gasteiger partial charge in [0, 0.05) is 19.4 Å². The molecule has 1 saturated heterocycles. The molecule has 3 unspecified atom stereocenters. The SMILES string of the molecule is CC1COC2CC(=O)CCC12. The summed E-state index contributed by atoms with van der Waals surface area (Å²) >= 11 is 0. The van der Waals surface area contributed by atoms with Gasteiger partial charge in [-0.3, -0.25) is 4.79 Å². The van der Waals surface area contributed by atoms with Crippen LogP contribution >= 0.6 is 0 Å². The molecule has 2 aliphatic rings. The van der Waals surface area contributed by atoms with Crippen molar-refractivity contribution in [2.75, 3.05) is 6.61 Å². The maximum absolute atomic E-state index is 11.0. The molecule has 1 aliphatic carbocycles. The van der Waals surface area contributed by atoms with Gasteiger partial charge in [0.25, 0.3) is 0 Å². The Hall–Kier alpha value is -0.370. The second kappa shape index (κ2) is 2.59. The molecule has 3 atom stereocenters. The number of Topliss-reactive ketones (excluding diaryl/α,β-unsaturated/α-hetero) is 1. The number of ether oxygens (including phenoxy) is 1. The number of hydrogen-bond donors (Lipinski definition) is 0. The van der Waals surface area contributed by atoms with Gasteiger partial charge in [-0.1, -0.05) is 6.92 Å². The number of ketones is 1. The standard InChI is InChI=1S/C9H14O2/c1-6-5-11-9-4-7(10)2-3-8(6)9/h6,8-9H,2-5H2,1H3. The summed E-state index contributed by atoms with van der Waals surface area (Å²) in [6.07, 6.45) is 2.79. The van der Waals surface area contributed by atoms with E-state index in [2.05, 4.69) is 6.92 Å². The van der Waals surface area contributed by atoms with E-state index in [1.165, 1.54) is 0 Å². The Kier molecular flexibility index (Phi) is 1.72. The van der Waals surface area contributed by atoms with Crippen molar-refractivity contribution >= 4 is 5.78 Å². The monoisotopic (exact) mass is 154 g/mol. The minimum Gasteiger partial charge on any atom is -0.377 e. The van der Waals surface area contributed by atoms with Gasteiger partial charge in [-0.05, 0) is 18.3 Å². The van der Waals surface area contributed by atoms with Crippen LogP contribution in [0.4, 0.5) is 0 Å². The summed E-state index contributed by atoms with van der Waals surface area (Å²) in [7, 11) is 0. The first-order valence-electron chi connectivity index (χ1n) is 4.40. The fourth-order valence-electron chi connectivity index (χ4n) is 2.22. The molecular weight excluding hydrogens is 140 g/mol. The first-order valence-corrected chi connectivity index (χ1v) is 4.40. The molecule has 2 rings (SSSR count). The van der Waals surface area contributed by atoms with Gasteiger partial charge < -0.3 is 4.74 Å². The fraction of sp³-hybridized carbons (Fsp3) is 0.889. The first-order chi connectivity index (χ1) is 5.27. The Morgan fingerprint density at radius 1 is 1.55 bits per heavy atom. The maximum atomic E-state index is 11.0. The van der Waals surface area contributed by atoms with E-state index in [0.29, 0.717) is 24.0 Å². The van der Waals surface area contributed by atoms with Gasteiger partial charge in [0.15, 0.2) is 0 Å². The van der Waals surface area contributed by atoms with Crippen LogP contribution in [0.2, 0.25) is 0 Å². The van der Waals surface area contributed by atoms with Crippen molar-refractivity contribution in [1.29, 1.82) is 0 Å². The third-order valence-corrected chi connectivity index (χ3v) is 2.97. The van der Waals surface area contributed by atoms with Crippen LogP contribution in [0.25, 0.3) is 0 Å². The summed E-state index contributed by atoms with van der Waals surface area (Å²) in [6, 6.07) is 0. The molecule has 0 spiro atoms. The zero-order valence-electron chi connectivity index (χ0n) is 6.88. The largest absolute Gasteiger partial charge is 0.377 e. The van der Waals surface area contributed by atoms with Crippen LogP contribution in [-0.2, 0) is 9.53 Å². The quantitative estimate of drug-likeness (QED) is 0.527. The lowest BCUT2D eigenvalue weighted by molar-refractivity contribution is -0.124. The Labute approximate surface area is 66.9 Å². The third-order valence-electron chi connectivity index (χ3n) is 2.97. The Morgan fingerprint density at radius 2 is 2.36 bits per heavy atom. The molecule has 0 aromatic heterocycles. The Bertz CT molecular complexity index is 176. The molecule has 2 heteroatoms. The van der Waals surface area contributed by atoms with Gasteiger partial charge in [0.1, 0.15) is 5.78 Å². The highest BCUT2D eigenvalue weighted by Gasteiger charge is 2.38. The first kappa shape index (κ1) is 7.29. The molecule has 0 amide bonds. The summed E-state index contributed by atoms with van der Waals surface area (Å²) < 4.78 is 5.52. The molecule has 11 heavy (non-hydrogen) atoms. The van der Waals surface area contributed by atoms with Gasteiger partial charge in [-0.25, -0.2) is 0 Å². The summed E-state index contributed by atoms with van der Waals surface area (Å²) in [4.78, 5) is 11.0. The number of hydrogen-bond acceptors (Lipinski definition) is 2. The van der Waals surface area contributed by atoms with Crippen LogP contribution in [0, 0.1) is 11.8 Å². The zero-order valence-corrected chi connectivity index (χ0v) is 6.88. The molecule has 1 saturated carbocycles. The normalized spacial score (nSPS) is 44.1. The van der Waals surface area contributed by atoms with E-state index >= 15 is 0 Å². The van der Waals surface area contributed by atoms with Crippen LogP contribution in [0.1, 0.15) is 26.2 Å². The van der Waals surface area contributed by atoms with Gasteiger partial charge in [-0.15, -0.1) is 0 Å². The second-order valence-electron chi connectivity index (χ2n) is 3.79. The van der Waals surface area contributed by atoms with Crippen molar-refractivity contribution in [2.45, 2.75) is 32.3 Å². The van der Waals surface area contributed by atoms with Crippen molar-refractivity contribution in [2.24, 2.45) is 11.8 Å². The summed E-state index contributed by atoms with van der Waals surface area (Å²) in [5.74, 6) is 1.74. The molecule has 2 fully saturated rings. The second-order valence-corrected chi connectivity index (χ2v) is 3.79. The predicted molar refractivity (Wildman–Crippen MR) is 41.3 cm³/mol. The zero-order chi connectivity index (χ0) is 7.84. The van der Waals surface area contributed by atoms with Gasteiger partial charge in [-0.2, -0.15) is 0 Å². The highest BCUT2D eigenvalue weighted by molar-refractivity contribution is 5.79. The molecule has 0 radical (unpaired) electrons. The molecule has 1 heterocycles. The van der Waals surface area contributed by atoms with Crippen LogP contribution in [0.15, 0.2) is 0 Å². The van der Waals surface area contributed by atoms with E-state index in [4.69, 9.17) is 4.74 Å².